The molecule has 5 nitrogen and oxygen atoms in total. The Morgan fingerprint density at radius 2 is 1.71 bits per heavy atom. The maximum atomic E-state index is 12.7. The smallest absolute Gasteiger partial charge is 0.255 e. The molecule has 0 radical (unpaired) electrons. The van der Waals surface area contributed by atoms with E-state index in [4.69, 9.17) is 4.74 Å². The van der Waals surface area contributed by atoms with Crippen LogP contribution in [0.4, 0.5) is 11.4 Å². The standard InChI is InChI=1S/C23H20N2O3/c1-16(26)25-12-13-28-22-15-20(10-11-21(22)25)24-23(27)19-9-5-8-18(14-19)17-6-3-2-4-7-17/h2-11,14-15H,12-13H2,1H3,(H,24,27). The number of carbonyl (C=O) groups is 2. The highest BCUT2D eigenvalue weighted by Crippen LogP contribution is 2.34. The number of amides is 2. The predicted octanol–water partition coefficient (Wildman–Crippen LogP) is 4.35. The first-order valence-corrected chi connectivity index (χ1v) is 9.13. The molecule has 0 bridgehead atoms. The molecule has 1 aliphatic rings. The van der Waals surface area contributed by atoms with E-state index in [1.54, 1.807) is 29.2 Å². The van der Waals surface area contributed by atoms with Gasteiger partial charge in [0.05, 0.1) is 12.2 Å². The van der Waals surface area contributed by atoms with Gasteiger partial charge in [0.1, 0.15) is 12.4 Å². The quantitative estimate of drug-likeness (QED) is 0.744. The van der Waals surface area contributed by atoms with Crippen LogP contribution in [0.2, 0.25) is 0 Å². The van der Waals surface area contributed by atoms with E-state index in [1.807, 2.05) is 48.5 Å². The summed E-state index contributed by atoms with van der Waals surface area (Å²) in [6.07, 6.45) is 0. The second kappa shape index (κ2) is 7.56. The fourth-order valence-electron chi connectivity index (χ4n) is 3.30. The van der Waals surface area contributed by atoms with Crippen LogP contribution < -0.4 is 15.0 Å². The van der Waals surface area contributed by atoms with Gasteiger partial charge in [0.25, 0.3) is 5.91 Å². The van der Waals surface area contributed by atoms with Gasteiger partial charge in [-0.2, -0.15) is 0 Å². The lowest BCUT2D eigenvalue weighted by Crippen LogP contribution is -2.36. The number of fused-ring (bicyclic) bond motifs is 1. The maximum absolute atomic E-state index is 12.7. The Morgan fingerprint density at radius 3 is 2.50 bits per heavy atom. The maximum Gasteiger partial charge on any atom is 0.255 e. The minimum absolute atomic E-state index is 0.0286. The minimum Gasteiger partial charge on any atom is -0.489 e. The van der Waals surface area contributed by atoms with Gasteiger partial charge in [-0.25, -0.2) is 0 Å². The van der Waals surface area contributed by atoms with Gasteiger partial charge in [0.15, 0.2) is 0 Å². The Labute approximate surface area is 163 Å². The van der Waals surface area contributed by atoms with Gasteiger partial charge < -0.3 is 15.0 Å². The summed E-state index contributed by atoms with van der Waals surface area (Å²) < 4.78 is 5.66. The molecule has 140 valence electrons. The lowest BCUT2D eigenvalue weighted by molar-refractivity contribution is -0.116. The number of benzene rings is 3. The second-order valence-electron chi connectivity index (χ2n) is 6.60. The van der Waals surface area contributed by atoms with Crippen LogP contribution in [-0.2, 0) is 4.79 Å². The number of hydrogen-bond acceptors (Lipinski definition) is 3. The van der Waals surface area contributed by atoms with E-state index >= 15 is 0 Å². The van der Waals surface area contributed by atoms with Gasteiger partial charge in [-0.05, 0) is 35.4 Å². The molecule has 1 heterocycles. The lowest BCUT2D eigenvalue weighted by Gasteiger charge is -2.29. The molecule has 2 amide bonds. The number of anilines is 2. The van der Waals surface area contributed by atoms with Crippen LogP contribution in [-0.4, -0.2) is 25.0 Å². The molecular formula is C23H20N2O3. The van der Waals surface area contributed by atoms with Crippen LogP contribution in [0.3, 0.4) is 0 Å². The van der Waals surface area contributed by atoms with E-state index < -0.39 is 0 Å². The van der Waals surface area contributed by atoms with Crippen molar-refractivity contribution in [3.63, 3.8) is 0 Å². The molecule has 3 aromatic carbocycles. The topological polar surface area (TPSA) is 58.6 Å². The van der Waals surface area contributed by atoms with Gasteiger partial charge in [-0.1, -0.05) is 42.5 Å². The van der Waals surface area contributed by atoms with Crippen LogP contribution in [0.15, 0.2) is 72.8 Å². The molecule has 3 aromatic rings. The van der Waals surface area contributed by atoms with Crippen molar-refractivity contribution < 1.29 is 14.3 Å². The molecule has 1 aliphatic heterocycles. The summed E-state index contributed by atoms with van der Waals surface area (Å²) in [5, 5.41) is 2.91. The highest BCUT2D eigenvalue weighted by molar-refractivity contribution is 6.05. The summed E-state index contributed by atoms with van der Waals surface area (Å²) in [6, 6.07) is 22.8. The largest absolute Gasteiger partial charge is 0.489 e. The number of rotatable bonds is 3. The fraction of sp³-hybridized carbons (Fsp3) is 0.130. The molecule has 0 aromatic heterocycles. The molecule has 0 aliphatic carbocycles. The highest BCUT2D eigenvalue weighted by atomic mass is 16.5. The van der Waals surface area contributed by atoms with Gasteiger partial charge in [-0.3, -0.25) is 9.59 Å². The molecule has 0 fully saturated rings. The Kier molecular flexibility index (Phi) is 4.81. The molecule has 0 unspecified atom stereocenters. The zero-order valence-corrected chi connectivity index (χ0v) is 15.5. The second-order valence-corrected chi connectivity index (χ2v) is 6.60. The van der Waals surface area contributed by atoms with Crippen molar-refractivity contribution in [2.75, 3.05) is 23.4 Å². The van der Waals surface area contributed by atoms with Gasteiger partial charge in [0, 0.05) is 24.2 Å². The van der Waals surface area contributed by atoms with Crippen LogP contribution in [0.1, 0.15) is 17.3 Å². The third kappa shape index (κ3) is 3.60. The van der Waals surface area contributed by atoms with Crippen molar-refractivity contribution in [1.82, 2.24) is 0 Å². The predicted molar refractivity (Wildman–Crippen MR) is 110 cm³/mol. The van der Waals surface area contributed by atoms with Crippen molar-refractivity contribution >= 4 is 23.2 Å². The number of nitrogens with zero attached hydrogens (tertiary/aromatic N) is 1. The van der Waals surface area contributed by atoms with Gasteiger partial charge >= 0.3 is 0 Å². The zero-order chi connectivity index (χ0) is 19.5. The van der Waals surface area contributed by atoms with E-state index in [9.17, 15) is 9.59 Å². The third-order valence-corrected chi connectivity index (χ3v) is 4.69. The van der Waals surface area contributed by atoms with Crippen molar-refractivity contribution in [3.8, 4) is 16.9 Å². The fourth-order valence-corrected chi connectivity index (χ4v) is 3.30. The Morgan fingerprint density at radius 1 is 0.929 bits per heavy atom. The van der Waals surface area contributed by atoms with Crippen LogP contribution in [0.25, 0.3) is 11.1 Å². The number of nitrogens with one attached hydrogen (secondary N) is 1. The van der Waals surface area contributed by atoms with E-state index in [2.05, 4.69) is 5.32 Å². The highest BCUT2D eigenvalue weighted by Gasteiger charge is 2.21. The first-order valence-electron chi connectivity index (χ1n) is 9.13. The zero-order valence-electron chi connectivity index (χ0n) is 15.5. The summed E-state index contributed by atoms with van der Waals surface area (Å²) >= 11 is 0. The number of hydrogen-bond donors (Lipinski definition) is 1. The van der Waals surface area contributed by atoms with E-state index in [0.717, 1.165) is 16.8 Å². The Hall–Kier alpha value is -3.60. The summed E-state index contributed by atoms with van der Waals surface area (Å²) in [6.45, 7) is 2.49. The molecule has 0 atom stereocenters. The van der Waals surface area contributed by atoms with Crippen molar-refractivity contribution in [3.05, 3.63) is 78.4 Å². The molecule has 1 N–H and O–H groups in total. The summed E-state index contributed by atoms with van der Waals surface area (Å²) in [5.41, 5.74) is 3.97. The van der Waals surface area contributed by atoms with Gasteiger partial charge in [0.2, 0.25) is 5.91 Å². The summed E-state index contributed by atoms with van der Waals surface area (Å²) in [5.74, 6) is 0.369. The van der Waals surface area contributed by atoms with Crippen LogP contribution in [0.5, 0.6) is 5.75 Å². The van der Waals surface area contributed by atoms with Gasteiger partial charge in [-0.15, -0.1) is 0 Å². The molecule has 0 spiro atoms. The normalized spacial score (nSPS) is 12.7. The third-order valence-electron chi connectivity index (χ3n) is 4.69. The minimum atomic E-state index is -0.197. The van der Waals surface area contributed by atoms with E-state index in [-0.39, 0.29) is 11.8 Å². The van der Waals surface area contributed by atoms with E-state index in [0.29, 0.717) is 30.2 Å². The molecule has 5 heteroatoms. The molecule has 4 rings (SSSR count). The Bertz CT molecular complexity index is 1030. The van der Waals surface area contributed by atoms with Crippen molar-refractivity contribution in [1.29, 1.82) is 0 Å². The summed E-state index contributed by atoms with van der Waals surface area (Å²) in [7, 11) is 0. The molecule has 28 heavy (non-hydrogen) atoms. The van der Waals surface area contributed by atoms with E-state index in [1.165, 1.54) is 6.92 Å². The average molecular weight is 372 g/mol. The van der Waals surface area contributed by atoms with Crippen molar-refractivity contribution in [2.45, 2.75) is 6.92 Å². The van der Waals surface area contributed by atoms with Crippen LogP contribution in [0, 0.1) is 0 Å². The average Bonchev–Trinajstić information content (AvgIpc) is 2.73. The molecule has 0 saturated heterocycles. The first kappa shape index (κ1) is 17.8. The number of ether oxygens (including phenoxy) is 1. The number of carbonyl (C=O) groups excluding carboxylic acids is 2. The molecular weight excluding hydrogens is 352 g/mol. The monoisotopic (exact) mass is 372 g/mol. The first-order chi connectivity index (χ1) is 13.6. The van der Waals surface area contributed by atoms with Crippen molar-refractivity contribution in [2.24, 2.45) is 0 Å². The molecule has 0 saturated carbocycles. The lowest BCUT2D eigenvalue weighted by atomic mass is 10.0. The van der Waals surface area contributed by atoms with Crippen LogP contribution >= 0.6 is 0 Å². The summed E-state index contributed by atoms with van der Waals surface area (Å²) in [4.78, 5) is 26.2. The SMILES string of the molecule is CC(=O)N1CCOc2cc(NC(=O)c3cccc(-c4ccccc4)c3)ccc21. The Balaban J connectivity index is 1.55.